The highest BCUT2D eigenvalue weighted by Gasteiger charge is 2.44. The maximum absolute atomic E-state index is 16.2. The maximum Gasteiger partial charge on any atom is 0.341 e. The fourth-order valence-corrected chi connectivity index (χ4v) is 7.75. The second kappa shape index (κ2) is 12.6. The first kappa shape index (κ1) is 32.5. The Morgan fingerprint density at radius 2 is 1.86 bits per heavy atom. The highest BCUT2D eigenvalue weighted by Crippen LogP contribution is 2.46. The van der Waals surface area contributed by atoms with Crippen LogP contribution in [-0.2, 0) is 4.79 Å². The molecule has 1 saturated carbocycles. The van der Waals surface area contributed by atoms with E-state index < -0.39 is 40.4 Å². The third kappa shape index (κ3) is 5.57. The van der Waals surface area contributed by atoms with Gasteiger partial charge in [-0.15, -0.1) is 0 Å². The minimum Gasteiger partial charge on any atom is -0.492 e. The van der Waals surface area contributed by atoms with E-state index in [1.807, 2.05) is 4.90 Å². The molecule has 51 heavy (non-hydrogen) atoms. The number of amides is 2. The van der Waals surface area contributed by atoms with E-state index in [1.165, 1.54) is 60.9 Å². The zero-order valence-electron chi connectivity index (χ0n) is 27.5. The lowest BCUT2D eigenvalue weighted by Gasteiger charge is -2.38. The SMILES string of the molecule is COc1c(N2C[C@@H]3CCCN(CN4C(=O)/C(=N\NC(=O)c5ccncc5)c5cc(F)ccc54)[C@@H]3C2)c(F)cc2c(=O)c(C(=O)O)cn(C3CC3)c12. The first-order valence-electron chi connectivity index (χ1n) is 16.7. The highest BCUT2D eigenvalue weighted by molar-refractivity contribution is 6.54. The Kier molecular flexibility index (Phi) is 8.01. The van der Waals surface area contributed by atoms with E-state index in [-0.39, 0.29) is 52.8 Å². The van der Waals surface area contributed by atoms with Crippen molar-refractivity contribution in [3.05, 3.63) is 93.5 Å². The molecule has 0 spiro atoms. The van der Waals surface area contributed by atoms with Crippen molar-refractivity contribution in [3.63, 3.8) is 0 Å². The molecule has 3 aliphatic heterocycles. The Bertz CT molecular complexity index is 2210. The molecule has 2 aromatic heterocycles. The van der Waals surface area contributed by atoms with Gasteiger partial charge in [0.05, 0.1) is 30.4 Å². The lowest BCUT2D eigenvalue weighted by Crippen LogP contribution is -2.51. The number of hydrogen-bond donors (Lipinski definition) is 2. The number of pyridine rings is 2. The van der Waals surface area contributed by atoms with E-state index in [0.717, 1.165) is 31.7 Å². The monoisotopic (exact) mass is 697 g/mol. The molecular formula is C36H33F2N7O6. The summed E-state index contributed by atoms with van der Waals surface area (Å²) in [6.07, 6.45) is 7.53. The Hall–Kier alpha value is -5.70. The molecule has 3 fully saturated rings. The van der Waals surface area contributed by atoms with Gasteiger partial charge < -0.3 is 19.3 Å². The average molecular weight is 698 g/mol. The van der Waals surface area contributed by atoms with E-state index >= 15 is 4.39 Å². The molecule has 2 saturated heterocycles. The molecule has 0 unspecified atom stereocenters. The van der Waals surface area contributed by atoms with Crippen molar-refractivity contribution < 1.29 is 33.0 Å². The summed E-state index contributed by atoms with van der Waals surface area (Å²) in [6.45, 7) is 1.69. The third-order valence-electron chi connectivity index (χ3n) is 10.3. The number of aromatic carboxylic acids is 1. The zero-order chi connectivity index (χ0) is 35.6. The fraction of sp³-hybridized carbons (Fsp3) is 0.333. The molecule has 8 rings (SSSR count). The summed E-state index contributed by atoms with van der Waals surface area (Å²) in [5, 5.41) is 13.8. The van der Waals surface area contributed by atoms with Crippen LogP contribution in [0.15, 0.2) is 64.9 Å². The number of nitrogens with one attached hydrogen (secondary N) is 1. The number of rotatable bonds is 8. The van der Waals surface area contributed by atoms with Crippen LogP contribution in [0.4, 0.5) is 20.2 Å². The molecule has 2 N–H and O–H groups in total. The summed E-state index contributed by atoms with van der Waals surface area (Å²) in [5.41, 5.74) is 2.70. The second-order valence-corrected chi connectivity index (χ2v) is 13.3. The largest absolute Gasteiger partial charge is 0.492 e. The predicted octanol–water partition coefficient (Wildman–Crippen LogP) is 3.76. The molecule has 1 aliphatic carbocycles. The van der Waals surface area contributed by atoms with Gasteiger partial charge in [0.1, 0.15) is 17.1 Å². The molecule has 0 bridgehead atoms. The van der Waals surface area contributed by atoms with Crippen LogP contribution in [0.3, 0.4) is 0 Å². The molecule has 4 aliphatic rings. The number of carbonyl (C=O) groups is 3. The molecule has 13 nitrogen and oxygen atoms in total. The molecule has 15 heteroatoms. The number of anilines is 2. The van der Waals surface area contributed by atoms with Gasteiger partial charge in [0.25, 0.3) is 11.8 Å². The van der Waals surface area contributed by atoms with E-state index in [0.29, 0.717) is 36.4 Å². The summed E-state index contributed by atoms with van der Waals surface area (Å²) in [7, 11) is 1.41. The lowest BCUT2D eigenvalue weighted by molar-refractivity contribution is -0.112. The molecule has 4 aromatic rings. The number of carboxylic acid groups (broad SMARTS) is 1. The molecule has 2 atom stereocenters. The maximum atomic E-state index is 16.2. The summed E-state index contributed by atoms with van der Waals surface area (Å²) in [4.78, 5) is 61.1. The second-order valence-electron chi connectivity index (χ2n) is 13.3. The number of fused-ring (bicyclic) bond motifs is 3. The van der Waals surface area contributed by atoms with Gasteiger partial charge in [-0.2, -0.15) is 5.10 Å². The van der Waals surface area contributed by atoms with Crippen molar-refractivity contribution >= 4 is 45.8 Å². The number of nitrogens with zero attached hydrogens (tertiary/aromatic N) is 6. The van der Waals surface area contributed by atoms with Crippen molar-refractivity contribution in [1.82, 2.24) is 19.9 Å². The minimum atomic E-state index is -1.37. The Morgan fingerprint density at radius 3 is 2.59 bits per heavy atom. The third-order valence-corrected chi connectivity index (χ3v) is 10.3. The van der Waals surface area contributed by atoms with Gasteiger partial charge in [-0.3, -0.25) is 29.2 Å². The molecular weight excluding hydrogens is 664 g/mol. The van der Waals surface area contributed by atoms with Crippen LogP contribution < -0.4 is 25.4 Å². The van der Waals surface area contributed by atoms with Crippen molar-refractivity contribution in [2.75, 3.05) is 43.2 Å². The van der Waals surface area contributed by atoms with Crippen LogP contribution in [0, 0.1) is 17.6 Å². The van der Waals surface area contributed by atoms with Crippen LogP contribution in [0.1, 0.15) is 58.0 Å². The van der Waals surface area contributed by atoms with Crippen molar-refractivity contribution in [3.8, 4) is 5.75 Å². The summed E-state index contributed by atoms with van der Waals surface area (Å²) >= 11 is 0. The number of carboxylic acids is 1. The summed E-state index contributed by atoms with van der Waals surface area (Å²) < 4.78 is 38.2. The Morgan fingerprint density at radius 1 is 1.08 bits per heavy atom. The first-order chi connectivity index (χ1) is 24.6. The number of benzene rings is 2. The smallest absolute Gasteiger partial charge is 0.341 e. The van der Waals surface area contributed by atoms with Gasteiger partial charge in [-0.25, -0.2) is 19.0 Å². The fourth-order valence-electron chi connectivity index (χ4n) is 7.75. The molecule has 2 aromatic carbocycles. The molecule has 5 heterocycles. The van der Waals surface area contributed by atoms with Gasteiger partial charge in [-0.1, -0.05) is 0 Å². The average Bonchev–Trinajstić information content (AvgIpc) is 3.82. The normalized spacial score (nSPS) is 20.9. The number of hydrazone groups is 1. The van der Waals surface area contributed by atoms with Crippen molar-refractivity contribution in [2.24, 2.45) is 11.0 Å². The van der Waals surface area contributed by atoms with Crippen molar-refractivity contribution in [1.29, 1.82) is 0 Å². The number of piperidine rings is 1. The summed E-state index contributed by atoms with van der Waals surface area (Å²) in [6, 6.07) is 8.01. The van der Waals surface area contributed by atoms with Crippen LogP contribution in [-0.4, -0.2) is 82.5 Å². The number of methoxy groups -OCH3 is 1. The van der Waals surface area contributed by atoms with Crippen LogP contribution in [0.5, 0.6) is 5.75 Å². The van der Waals surface area contributed by atoms with Gasteiger partial charge in [0.2, 0.25) is 5.43 Å². The van der Waals surface area contributed by atoms with Gasteiger partial charge >= 0.3 is 5.97 Å². The number of halogens is 2. The van der Waals surface area contributed by atoms with Gasteiger partial charge in [0, 0.05) is 61.4 Å². The quantitative estimate of drug-likeness (QED) is 0.263. The Balaban J connectivity index is 1.09. The van der Waals surface area contributed by atoms with Crippen LogP contribution >= 0.6 is 0 Å². The van der Waals surface area contributed by atoms with Gasteiger partial charge in [-0.05, 0) is 68.0 Å². The standard InChI is InChI=1S/C36H33F2N7O6/c1-51-33-30-24(32(46)25(36(49)50)16-44(30)22-5-6-22)14-26(38)31(33)43-15-20-3-2-12-42(28(20)17-43)18-45-27-7-4-21(37)13-23(27)29(35(45)48)40-41-34(47)19-8-10-39-11-9-19/h4,7-11,13-14,16,20,22,28H,2-3,5-6,12,15,17-18H2,1H3,(H,41,47)(H,49,50)/b40-29-/t20-,28+/m0/s1. The van der Waals surface area contributed by atoms with Crippen LogP contribution in [0.2, 0.25) is 0 Å². The van der Waals surface area contributed by atoms with E-state index in [2.05, 4.69) is 20.4 Å². The lowest BCUT2D eigenvalue weighted by atomic mass is 9.92. The minimum absolute atomic E-state index is 0.0261. The van der Waals surface area contributed by atoms with Crippen LogP contribution in [0.25, 0.3) is 10.9 Å². The predicted molar refractivity (Wildman–Crippen MR) is 182 cm³/mol. The summed E-state index contributed by atoms with van der Waals surface area (Å²) in [5.74, 6) is -3.38. The number of carbonyl (C=O) groups excluding carboxylic acids is 2. The topological polar surface area (TPSA) is 150 Å². The number of hydrogen-bond acceptors (Lipinski definition) is 9. The highest BCUT2D eigenvalue weighted by atomic mass is 19.1. The first-order valence-corrected chi connectivity index (χ1v) is 16.7. The Labute approximate surface area is 289 Å². The van der Waals surface area contributed by atoms with E-state index in [1.54, 1.807) is 4.57 Å². The molecule has 2 amide bonds. The van der Waals surface area contributed by atoms with E-state index in [4.69, 9.17) is 4.74 Å². The molecule has 262 valence electrons. The van der Waals surface area contributed by atoms with E-state index in [9.17, 15) is 28.7 Å². The number of ether oxygens (including phenoxy) is 1. The van der Waals surface area contributed by atoms with Gasteiger partial charge in [0.15, 0.2) is 17.3 Å². The number of likely N-dealkylation sites (tertiary alicyclic amines) is 1. The zero-order valence-corrected chi connectivity index (χ0v) is 27.5. The molecule has 0 radical (unpaired) electrons. The van der Waals surface area contributed by atoms with Crippen molar-refractivity contribution in [2.45, 2.75) is 37.8 Å². The number of aromatic nitrogens is 2.